The Morgan fingerprint density at radius 3 is 2.51 bits per heavy atom. The molecular weight excluding hydrogens is 609 g/mol. The zero-order valence-electron chi connectivity index (χ0n) is 27.2. The number of likely N-dealkylation sites (tertiary alicyclic amines) is 1. The monoisotopic (exact) mass is 648 g/mol. The molecule has 0 saturated carbocycles. The summed E-state index contributed by atoms with van der Waals surface area (Å²) in [5.74, 6) is -2.30. The van der Waals surface area contributed by atoms with Gasteiger partial charge in [0.25, 0.3) is 0 Å². The largest absolute Gasteiger partial charge is 0.461 e. The number of carbonyl (C=O) groups is 1. The minimum absolute atomic E-state index is 0.0214. The highest BCUT2D eigenvalue weighted by Gasteiger charge is 2.45. The number of benzene rings is 2. The fourth-order valence-corrected chi connectivity index (χ4v) is 7.37. The lowest BCUT2D eigenvalue weighted by Gasteiger charge is -2.41. The number of nitrogens with zero attached hydrogens (tertiary/aromatic N) is 6. The molecular formula is C35H39F3N6O3. The molecule has 5 heterocycles. The standard InChI is InChI=1S/C35H39F3N6O3/c1-34(2,3)47-33(45)43-18-21(19-43)17-42(4)31-24-16-39-29(23-9-5-8-22-10-11-25(36)27(37)26(22)23)28(38)30(24)40-32(41-31)46-20-35-12-6-14-44(35)15-7-13-35/h5,8-11,16,21H,6-7,12-15,17-20H2,1-4H3. The third kappa shape index (κ3) is 5.81. The van der Waals surface area contributed by atoms with Gasteiger partial charge in [0, 0.05) is 49.7 Å². The van der Waals surface area contributed by atoms with Gasteiger partial charge < -0.3 is 19.3 Å². The summed E-state index contributed by atoms with van der Waals surface area (Å²) in [4.78, 5) is 32.2. The van der Waals surface area contributed by atoms with Gasteiger partial charge in [-0.2, -0.15) is 9.97 Å². The molecule has 0 atom stereocenters. The highest BCUT2D eigenvalue weighted by atomic mass is 19.2. The SMILES string of the molecule is CN(CC1CN(C(=O)OC(C)(C)C)C1)c1nc(OCC23CCCN2CCC3)nc2c(F)c(-c3cccc4ccc(F)c(F)c34)ncc12. The van der Waals surface area contributed by atoms with E-state index in [1.807, 2.05) is 32.7 Å². The minimum atomic E-state index is -1.07. The van der Waals surface area contributed by atoms with Crippen molar-refractivity contribution in [3.63, 3.8) is 0 Å². The molecule has 0 radical (unpaired) electrons. The molecule has 248 valence electrons. The molecule has 4 aromatic rings. The first-order chi connectivity index (χ1) is 22.4. The summed E-state index contributed by atoms with van der Waals surface area (Å²) >= 11 is 0. The van der Waals surface area contributed by atoms with Gasteiger partial charge in [0.15, 0.2) is 17.5 Å². The Bertz CT molecular complexity index is 1850. The van der Waals surface area contributed by atoms with Crippen molar-refractivity contribution in [3.05, 3.63) is 54.0 Å². The van der Waals surface area contributed by atoms with Gasteiger partial charge in [-0.1, -0.05) is 24.3 Å². The molecule has 2 aromatic heterocycles. The number of fused-ring (bicyclic) bond motifs is 3. The van der Waals surface area contributed by atoms with Crippen LogP contribution in [0, 0.1) is 23.4 Å². The van der Waals surface area contributed by atoms with Crippen LogP contribution in [0.2, 0.25) is 0 Å². The van der Waals surface area contributed by atoms with Gasteiger partial charge in [-0.05, 0) is 71.0 Å². The minimum Gasteiger partial charge on any atom is -0.461 e. The Morgan fingerprint density at radius 1 is 1.04 bits per heavy atom. The summed E-state index contributed by atoms with van der Waals surface area (Å²) in [6.07, 6.45) is 5.37. The van der Waals surface area contributed by atoms with Crippen molar-refractivity contribution >= 4 is 33.6 Å². The van der Waals surface area contributed by atoms with Crippen LogP contribution in [0.5, 0.6) is 6.01 Å². The van der Waals surface area contributed by atoms with Crippen molar-refractivity contribution in [2.45, 2.75) is 57.6 Å². The van der Waals surface area contributed by atoms with Crippen LogP contribution in [-0.2, 0) is 4.74 Å². The molecule has 3 aliphatic rings. The van der Waals surface area contributed by atoms with Crippen LogP contribution in [-0.4, -0.2) is 88.4 Å². The molecule has 9 nitrogen and oxygen atoms in total. The summed E-state index contributed by atoms with van der Waals surface area (Å²) in [5, 5.41) is 0.729. The molecule has 0 N–H and O–H groups in total. The van der Waals surface area contributed by atoms with Crippen molar-refractivity contribution in [1.82, 2.24) is 24.8 Å². The van der Waals surface area contributed by atoms with Crippen LogP contribution in [0.15, 0.2) is 36.5 Å². The van der Waals surface area contributed by atoms with Gasteiger partial charge in [0.1, 0.15) is 29.2 Å². The van der Waals surface area contributed by atoms with E-state index in [0.717, 1.165) is 44.8 Å². The van der Waals surface area contributed by atoms with E-state index in [2.05, 4.69) is 14.9 Å². The summed E-state index contributed by atoms with van der Waals surface area (Å²) in [7, 11) is 1.85. The Hall–Kier alpha value is -4.19. The third-order valence-corrected chi connectivity index (χ3v) is 9.62. The lowest BCUT2D eigenvalue weighted by molar-refractivity contribution is 0.000176. The molecule has 0 aliphatic carbocycles. The van der Waals surface area contributed by atoms with Gasteiger partial charge >= 0.3 is 12.1 Å². The van der Waals surface area contributed by atoms with Crippen LogP contribution in [0.3, 0.4) is 0 Å². The predicted molar refractivity (Wildman–Crippen MR) is 173 cm³/mol. The van der Waals surface area contributed by atoms with Crippen LogP contribution in [0.1, 0.15) is 46.5 Å². The lowest BCUT2D eigenvalue weighted by Crippen LogP contribution is -2.54. The van der Waals surface area contributed by atoms with Crippen molar-refractivity contribution in [2.24, 2.45) is 5.92 Å². The van der Waals surface area contributed by atoms with Gasteiger partial charge in [0.2, 0.25) is 0 Å². The first-order valence-electron chi connectivity index (χ1n) is 16.2. The maximum absolute atomic E-state index is 16.6. The molecule has 1 amide bonds. The molecule has 0 bridgehead atoms. The summed E-state index contributed by atoms with van der Waals surface area (Å²) in [5.41, 5.74) is -0.697. The normalized spacial score (nSPS) is 18.1. The van der Waals surface area contributed by atoms with E-state index in [1.54, 1.807) is 17.0 Å². The first kappa shape index (κ1) is 31.4. The van der Waals surface area contributed by atoms with E-state index >= 15 is 8.78 Å². The van der Waals surface area contributed by atoms with E-state index < -0.39 is 23.1 Å². The second-order valence-corrected chi connectivity index (χ2v) is 14.1. The van der Waals surface area contributed by atoms with Crippen molar-refractivity contribution < 1.29 is 27.4 Å². The van der Waals surface area contributed by atoms with Gasteiger partial charge in [-0.25, -0.2) is 18.0 Å². The number of aromatic nitrogens is 3. The molecule has 0 spiro atoms. The highest BCUT2D eigenvalue weighted by molar-refractivity contribution is 5.99. The average molecular weight is 649 g/mol. The van der Waals surface area contributed by atoms with E-state index in [4.69, 9.17) is 14.5 Å². The Labute approximate surface area is 271 Å². The topological polar surface area (TPSA) is 83.9 Å². The summed E-state index contributed by atoms with van der Waals surface area (Å²) in [6, 6.07) is 7.37. The Morgan fingerprint density at radius 2 is 1.79 bits per heavy atom. The van der Waals surface area contributed by atoms with E-state index in [0.29, 0.717) is 42.8 Å². The summed E-state index contributed by atoms with van der Waals surface area (Å²) < 4.78 is 57.8. The van der Waals surface area contributed by atoms with Gasteiger partial charge in [-0.3, -0.25) is 9.88 Å². The Balaban J connectivity index is 1.24. The van der Waals surface area contributed by atoms with Crippen molar-refractivity contribution in [3.8, 4) is 17.3 Å². The lowest BCUT2D eigenvalue weighted by atomic mass is 9.95. The maximum Gasteiger partial charge on any atom is 0.410 e. The molecule has 3 saturated heterocycles. The van der Waals surface area contributed by atoms with Crippen LogP contribution in [0.25, 0.3) is 32.9 Å². The molecule has 2 aromatic carbocycles. The fourth-order valence-electron chi connectivity index (χ4n) is 7.37. The second kappa shape index (κ2) is 11.8. The smallest absolute Gasteiger partial charge is 0.410 e. The number of amides is 1. The van der Waals surface area contributed by atoms with Crippen LogP contribution in [0.4, 0.5) is 23.8 Å². The molecule has 7 rings (SSSR count). The van der Waals surface area contributed by atoms with E-state index in [9.17, 15) is 9.18 Å². The van der Waals surface area contributed by atoms with Crippen LogP contribution >= 0.6 is 0 Å². The number of ether oxygens (including phenoxy) is 2. The molecule has 0 unspecified atom stereocenters. The predicted octanol–water partition coefficient (Wildman–Crippen LogP) is 6.57. The molecule has 47 heavy (non-hydrogen) atoms. The van der Waals surface area contributed by atoms with E-state index in [1.165, 1.54) is 18.3 Å². The number of pyridine rings is 1. The van der Waals surface area contributed by atoms with Crippen LogP contribution < -0.4 is 9.64 Å². The second-order valence-electron chi connectivity index (χ2n) is 14.1. The van der Waals surface area contributed by atoms with Gasteiger partial charge in [-0.15, -0.1) is 0 Å². The Kier molecular flexibility index (Phi) is 7.89. The van der Waals surface area contributed by atoms with E-state index in [-0.39, 0.29) is 45.7 Å². The fraction of sp³-hybridized carbons (Fsp3) is 0.486. The first-order valence-corrected chi connectivity index (χ1v) is 16.2. The van der Waals surface area contributed by atoms with Crippen molar-refractivity contribution in [2.75, 3.05) is 51.3 Å². The quantitative estimate of drug-likeness (QED) is 0.223. The zero-order chi connectivity index (χ0) is 33.1. The number of hydrogen-bond donors (Lipinski definition) is 0. The average Bonchev–Trinajstić information content (AvgIpc) is 3.59. The molecule has 3 aliphatic heterocycles. The number of hydrogen-bond acceptors (Lipinski definition) is 8. The highest BCUT2D eigenvalue weighted by Crippen LogP contribution is 2.40. The molecule has 12 heteroatoms. The zero-order valence-corrected chi connectivity index (χ0v) is 27.2. The number of carbonyl (C=O) groups excluding carboxylic acids is 1. The summed E-state index contributed by atoms with van der Waals surface area (Å²) in [6.45, 7) is 9.52. The number of rotatable bonds is 7. The van der Waals surface area contributed by atoms with Crippen molar-refractivity contribution in [1.29, 1.82) is 0 Å². The maximum atomic E-state index is 16.6. The number of halogens is 3. The third-order valence-electron chi connectivity index (χ3n) is 9.62. The molecule has 3 fully saturated rings. The number of anilines is 1. The van der Waals surface area contributed by atoms with Gasteiger partial charge in [0.05, 0.1) is 10.9 Å².